The van der Waals surface area contributed by atoms with Gasteiger partial charge in [0.25, 0.3) is 0 Å². The Labute approximate surface area is 85.9 Å². The predicted molar refractivity (Wildman–Crippen MR) is 55.7 cm³/mol. The van der Waals surface area contributed by atoms with Crippen molar-refractivity contribution in [3.8, 4) is 5.75 Å². The van der Waals surface area contributed by atoms with Crippen molar-refractivity contribution in [3.05, 3.63) is 28.2 Å². The van der Waals surface area contributed by atoms with E-state index in [4.69, 9.17) is 5.73 Å². The molecular formula is C10H12BrNO. The van der Waals surface area contributed by atoms with Crippen molar-refractivity contribution < 1.29 is 5.11 Å². The molecule has 13 heavy (non-hydrogen) atoms. The minimum Gasteiger partial charge on any atom is -0.508 e. The summed E-state index contributed by atoms with van der Waals surface area (Å²) in [5.74, 6) is 0.339. The zero-order chi connectivity index (χ0) is 9.47. The molecule has 0 saturated heterocycles. The van der Waals surface area contributed by atoms with Crippen LogP contribution in [0.1, 0.15) is 18.4 Å². The fraction of sp³-hybridized carbons (Fsp3) is 0.400. The third kappa shape index (κ3) is 2.03. The number of phenolic OH excluding ortho intramolecular Hbond substituents is 1. The van der Waals surface area contributed by atoms with E-state index in [2.05, 4.69) is 15.9 Å². The van der Waals surface area contributed by atoms with E-state index in [1.54, 1.807) is 6.07 Å². The summed E-state index contributed by atoms with van der Waals surface area (Å²) in [4.78, 5) is 0. The molecule has 1 aromatic rings. The Morgan fingerprint density at radius 1 is 1.46 bits per heavy atom. The molecule has 1 aliphatic carbocycles. The maximum atomic E-state index is 9.60. The van der Waals surface area contributed by atoms with Gasteiger partial charge >= 0.3 is 0 Å². The molecule has 3 heteroatoms. The van der Waals surface area contributed by atoms with Gasteiger partial charge in [0, 0.05) is 10.0 Å². The van der Waals surface area contributed by atoms with Gasteiger partial charge < -0.3 is 10.8 Å². The van der Waals surface area contributed by atoms with E-state index < -0.39 is 0 Å². The molecule has 0 bridgehead atoms. The molecule has 0 atom stereocenters. The van der Waals surface area contributed by atoms with Crippen LogP contribution in [0.3, 0.4) is 0 Å². The molecule has 0 radical (unpaired) electrons. The highest BCUT2D eigenvalue weighted by Gasteiger charge is 2.38. The van der Waals surface area contributed by atoms with Crippen LogP contribution in [0.4, 0.5) is 0 Å². The minimum absolute atomic E-state index is 0.0364. The molecule has 1 saturated carbocycles. The van der Waals surface area contributed by atoms with Crippen LogP contribution in [0.15, 0.2) is 22.7 Å². The molecule has 0 heterocycles. The van der Waals surface area contributed by atoms with E-state index in [1.165, 1.54) is 0 Å². The van der Waals surface area contributed by atoms with Crippen molar-refractivity contribution in [2.45, 2.75) is 24.8 Å². The maximum absolute atomic E-state index is 9.60. The van der Waals surface area contributed by atoms with Crippen LogP contribution in [0.25, 0.3) is 0 Å². The normalized spacial score (nSPS) is 18.6. The summed E-state index contributed by atoms with van der Waals surface area (Å²) in [5.41, 5.74) is 6.87. The molecule has 0 aromatic heterocycles. The molecule has 0 unspecified atom stereocenters. The summed E-state index contributed by atoms with van der Waals surface area (Å²) in [6.45, 7) is 0. The monoisotopic (exact) mass is 241 g/mol. The van der Waals surface area contributed by atoms with Gasteiger partial charge in [-0.1, -0.05) is 22.0 Å². The zero-order valence-electron chi connectivity index (χ0n) is 7.26. The fourth-order valence-electron chi connectivity index (χ4n) is 1.40. The van der Waals surface area contributed by atoms with E-state index in [-0.39, 0.29) is 5.54 Å². The fourth-order valence-corrected chi connectivity index (χ4v) is 1.75. The number of benzene rings is 1. The Bertz CT molecular complexity index is 334. The van der Waals surface area contributed by atoms with Crippen LogP contribution in [-0.4, -0.2) is 10.6 Å². The van der Waals surface area contributed by atoms with Gasteiger partial charge in [-0.05, 0) is 37.0 Å². The molecule has 1 aromatic carbocycles. The Morgan fingerprint density at radius 3 is 2.69 bits per heavy atom. The van der Waals surface area contributed by atoms with E-state index in [0.717, 1.165) is 29.3 Å². The lowest BCUT2D eigenvalue weighted by atomic mass is 10.0. The van der Waals surface area contributed by atoms with Gasteiger partial charge in [-0.25, -0.2) is 0 Å². The number of rotatable bonds is 2. The second kappa shape index (κ2) is 3.00. The number of phenols is 1. The first-order valence-electron chi connectivity index (χ1n) is 4.35. The number of hydrogen-bond donors (Lipinski definition) is 2. The summed E-state index contributed by atoms with van der Waals surface area (Å²) in [6, 6.07) is 5.56. The number of halogens is 1. The SMILES string of the molecule is NC1(Cc2ccc(Br)cc2O)CC1. The molecule has 0 amide bonds. The third-order valence-corrected chi connectivity index (χ3v) is 2.98. The molecule has 0 aliphatic heterocycles. The highest BCUT2D eigenvalue weighted by molar-refractivity contribution is 9.10. The van der Waals surface area contributed by atoms with Gasteiger partial charge in [0.05, 0.1) is 0 Å². The largest absolute Gasteiger partial charge is 0.508 e. The van der Waals surface area contributed by atoms with Gasteiger partial charge in [-0.15, -0.1) is 0 Å². The molecular weight excluding hydrogens is 230 g/mol. The van der Waals surface area contributed by atoms with Crippen molar-refractivity contribution in [2.24, 2.45) is 5.73 Å². The summed E-state index contributed by atoms with van der Waals surface area (Å²) in [7, 11) is 0. The van der Waals surface area contributed by atoms with Crippen molar-refractivity contribution in [1.82, 2.24) is 0 Å². The minimum atomic E-state index is -0.0364. The Morgan fingerprint density at radius 2 is 2.15 bits per heavy atom. The second-order valence-corrected chi connectivity index (χ2v) is 4.73. The number of hydrogen-bond acceptors (Lipinski definition) is 2. The Balaban J connectivity index is 2.20. The average molecular weight is 242 g/mol. The molecule has 70 valence electrons. The van der Waals surface area contributed by atoms with Crippen LogP contribution in [0, 0.1) is 0 Å². The van der Waals surface area contributed by atoms with Crippen LogP contribution < -0.4 is 5.73 Å². The van der Waals surface area contributed by atoms with Gasteiger partial charge in [0.2, 0.25) is 0 Å². The first-order chi connectivity index (χ1) is 6.09. The van der Waals surface area contributed by atoms with E-state index in [9.17, 15) is 5.11 Å². The molecule has 3 N–H and O–H groups in total. The van der Waals surface area contributed by atoms with Crippen LogP contribution in [0.2, 0.25) is 0 Å². The van der Waals surface area contributed by atoms with Crippen molar-refractivity contribution >= 4 is 15.9 Å². The highest BCUT2D eigenvalue weighted by Crippen LogP contribution is 2.37. The van der Waals surface area contributed by atoms with E-state index >= 15 is 0 Å². The summed E-state index contributed by atoms with van der Waals surface area (Å²) < 4.78 is 0.899. The quantitative estimate of drug-likeness (QED) is 0.834. The van der Waals surface area contributed by atoms with E-state index in [1.807, 2.05) is 12.1 Å². The van der Waals surface area contributed by atoms with Gasteiger partial charge in [-0.3, -0.25) is 0 Å². The molecule has 1 fully saturated rings. The smallest absolute Gasteiger partial charge is 0.119 e. The highest BCUT2D eigenvalue weighted by atomic mass is 79.9. The van der Waals surface area contributed by atoms with Crippen molar-refractivity contribution in [2.75, 3.05) is 0 Å². The van der Waals surface area contributed by atoms with E-state index in [0.29, 0.717) is 5.75 Å². The average Bonchev–Trinajstić information content (AvgIpc) is 2.75. The first kappa shape index (κ1) is 9.03. The van der Waals surface area contributed by atoms with Crippen LogP contribution in [-0.2, 0) is 6.42 Å². The third-order valence-electron chi connectivity index (χ3n) is 2.48. The molecule has 0 spiro atoms. The lowest BCUT2D eigenvalue weighted by Crippen LogP contribution is -2.24. The maximum Gasteiger partial charge on any atom is 0.119 e. The standard InChI is InChI=1S/C10H12BrNO/c11-8-2-1-7(9(13)5-8)6-10(12)3-4-10/h1-2,5,13H,3-4,6,12H2. The van der Waals surface area contributed by atoms with Gasteiger partial charge in [0.1, 0.15) is 5.75 Å². The lowest BCUT2D eigenvalue weighted by molar-refractivity contribution is 0.463. The van der Waals surface area contributed by atoms with Crippen LogP contribution >= 0.6 is 15.9 Å². The molecule has 1 aliphatic rings. The number of nitrogens with two attached hydrogens (primary N) is 1. The molecule has 2 nitrogen and oxygen atoms in total. The second-order valence-electron chi connectivity index (χ2n) is 3.81. The first-order valence-corrected chi connectivity index (χ1v) is 5.15. The summed E-state index contributed by atoms with van der Waals surface area (Å²) in [5, 5.41) is 9.60. The van der Waals surface area contributed by atoms with Crippen molar-refractivity contribution in [3.63, 3.8) is 0 Å². The zero-order valence-corrected chi connectivity index (χ0v) is 8.84. The van der Waals surface area contributed by atoms with Crippen LogP contribution in [0.5, 0.6) is 5.75 Å². The Kier molecular flexibility index (Phi) is 2.08. The topological polar surface area (TPSA) is 46.2 Å². The summed E-state index contributed by atoms with van der Waals surface area (Å²) >= 11 is 3.30. The lowest BCUT2D eigenvalue weighted by Gasteiger charge is -2.09. The molecule has 2 rings (SSSR count). The Hall–Kier alpha value is -0.540. The van der Waals surface area contributed by atoms with Gasteiger partial charge in [-0.2, -0.15) is 0 Å². The van der Waals surface area contributed by atoms with Gasteiger partial charge in [0.15, 0.2) is 0 Å². The number of aromatic hydroxyl groups is 1. The van der Waals surface area contributed by atoms with Crippen molar-refractivity contribution in [1.29, 1.82) is 0 Å². The predicted octanol–water partition coefficient (Wildman–Crippen LogP) is 2.19. The summed E-state index contributed by atoms with van der Waals surface area (Å²) in [6.07, 6.45) is 2.93.